The summed E-state index contributed by atoms with van der Waals surface area (Å²) in [5.41, 5.74) is 0. The maximum absolute atomic E-state index is 8.06. The summed E-state index contributed by atoms with van der Waals surface area (Å²) in [6.07, 6.45) is 9.83. The van der Waals surface area contributed by atoms with Crippen molar-refractivity contribution in [2.24, 2.45) is 0 Å². The third-order valence-electron chi connectivity index (χ3n) is 0.586. The van der Waals surface area contributed by atoms with Crippen LogP contribution in [-0.4, -0.2) is 11.2 Å². The summed E-state index contributed by atoms with van der Waals surface area (Å²) >= 11 is 0. The van der Waals surface area contributed by atoms with E-state index < -0.39 is 0 Å². The van der Waals surface area contributed by atoms with Crippen LogP contribution >= 0.6 is 0 Å². The largest absolute Gasteiger partial charge is 2.00 e. The molecule has 0 radical (unpaired) electrons. The van der Waals surface area contributed by atoms with Crippen LogP contribution in [0.2, 0.25) is 0 Å². The molecular formula is C9H16OZr. The maximum Gasteiger partial charge on any atom is 2.00 e. The van der Waals surface area contributed by atoms with Crippen molar-refractivity contribution in [1.82, 2.24) is 0 Å². The molecule has 0 heterocycles. The molecule has 0 unspecified atom stereocenters. The summed E-state index contributed by atoms with van der Waals surface area (Å²) in [5.74, 6) is 0. The number of aliphatic hydroxyl groups is 1. The van der Waals surface area contributed by atoms with E-state index in [1.54, 1.807) is 13.8 Å². The Labute approximate surface area is 89.3 Å². The smallest absolute Gasteiger partial charge is 0.394 e. The standard InChI is InChI=1S/C5H5.C3H8O.CH3.Zr/c1-2-4-5-3-1;1-3(2)4;;/h1-3H,4H2;3-4H,1-2H3;1H3;/q-1;;-1;+2. The van der Waals surface area contributed by atoms with Crippen LogP contribution < -0.4 is 0 Å². The number of allylic oxidation sites excluding steroid dienone is 4. The van der Waals surface area contributed by atoms with Gasteiger partial charge in [0.1, 0.15) is 0 Å². The summed E-state index contributed by atoms with van der Waals surface area (Å²) in [5, 5.41) is 8.06. The number of rotatable bonds is 0. The van der Waals surface area contributed by atoms with Crippen molar-refractivity contribution in [2.45, 2.75) is 26.4 Å². The fourth-order valence-electron chi connectivity index (χ4n) is 0.340. The molecule has 0 amide bonds. The first kappa shape index (κ1) is 17.4. The summed E-state index contributed by atoms with van der Waals surface area (Å²) < 4.78 is 0. The molecule has 0 aromatic carbocycles. The molecule has 2 heteroatoms. The minimum Gasteiger partial charge on any atom is -0.394 e. The van der Waals surface area contributed by atoms with Crippen LogP contribution in [0.5, 0.6) is 0 Å². The van der Waals surface area contributed by atoms with Crippen LogP contribution in [0.25, 0.3) is 0 Å². The van der Waals surface area contributed by atoms with Gasteiger partial charge in [-0.15, -0.1) is 6.42 Å². The maximum atomic E-state index is 8.06. The second-order valence-electron chi connectivity index (χ2n) is 2.10. The van der Waals surface area contributed by atoms with Gasteiger partial charge in [0.05, 0.1) is 0 Å². The molecule has 0 saturated heterocycles. The van der Waals surface area contributed by atoms with E-state index in [2.05, 4.69) is 12.2 Å². The SMILES string of the molecule is CC(C)O.[C-]1=CC=CC1.[CH3-].[Zr+2]. The first-order valence-corrected chi connectivity index (χ1v) is 3.13. The predicted octanol–water partition coefficient (Wildman–Crippen LogP) is 2.14. The average molecular weight is 231 g/mol. The van der Waals surface area contributed by atoms with Crippen molar-refractivity contribution in [3.05, 3.63) is 31.7 Å². The molecule has 0 bridgehead atoms. The van der Waals surface area contributed by atoms with Crippen LogP contribution in [0.3, 0.4) is 0 Å². The van der Waals surface area contributed by atoms with E-state index in [0.29, 0.717) is 0 Å². The van der Waals surface area contributed by atoms with Crippen LogP contribution in [0.1, 0.15) is 20.3 Å². The minimum absolute atomic E-state index is 0. The number of hydrogen-bond acceptors (Lipinski definition) is 1. The minimum atomic E-state index is -0.167. The van der Waals surface area contributed by atoms with Crippen molar-refractivity contribution in [3.63, 3.8) is 0 Å². The van der Waals surface area contributed by atoms with Gasteiger partial charge in [-0.25, -0.2) is 12.2 Å². The van der Waals surface area contributed by atoms with E-state index in [9.17, 15) is 0 Å². The molecule has 0 fully saturated rings. The Morgan fingerprint density at radius 1 is 1.45 bits per heavy atom. The molecule has 1 aliphatic carbocycles. The Morgan fingerprint density at radius 3 is 2.00 bits per heavy atom. The first-order valence-electron chi connectivity index (χ1n) is 3.13. The van der Waals surface area contributed by atoms with Gasteiger partial charge in [0.15, 0.2) is 0 Å². The van der Waals surface area contributed by atoms with Crippen molar-refractivity contribution < 1.29 is 31.3 Å². The van der Waals surface area contributed by atoms with E-state index >= 15 is 0 Å². The molecule has 0 saturated carbocycles. The molecule has 11 heavy (non-hydrogen) atoms. The predicted molar refractivity (Wildman–Crippen MR) is 45.3 cm³/mol. The molecule has 0 atom stereocenters. The molecular weight excluding hydrogens is 215 g/mol. The summed E-state index contributed by atoms with van der Waals surface area (Å²) in [6.45, 7) is 3.44. The Hall–Kier alpha value is 0.323. The van der Waals surface area contributed by atoms with E-state index in [0.717, 1.165) is 6.42 Å². The van der Waals surface area contributed by atoms with Crippen LogP contribution in [-0.2, 0) is 26.2 Å². The fraction of sp³-hybridized carbons (Fsp3) is 0.444. The van der Waals surface area contributed by atoms with E-state index in [1.807, 2.05) is 12.2 Å². The van der Waals surface area contributed by atoms with Gasteiger partial charge >= 0.3 is 26.2 Å². The molecule has 0 aromatic rings. The molecule has 1 aliphatic rings. The topological polar surface area (TPSA) is 20.2 Å². The van der Waals surface area contributed by atoms with Crippen LogP contribution in [0, 0.1) is 13.5 Å². The monoisotopic (exact) mass is 230 g/mol. The summed E-state index contributed by atoms with van der Waals surface area (Å²) in [7, 11) is 0. The fourth-order valence-corrected chi connectivity index (χ4v) is 0.340. The van der Waals surface area contributed by atoms with Gasteiger partial charge in [-0.3, -0.25) is 6.08 Å². The molecule has 0 aromatic heterocycles. The van der Waals surface area contributed by atoms with E-state index in [-0.39, 0.29) is 39.7 Å². The van der Waals surface area contributed by atoms with Gasteiger partial charge in [-0.1, -0.05) is 0 Å². The van der Waals surface area contributed by atoms with Gasteiger partial charge in [-0.05, 0) is 13.8 Å². The van der Waals surface area contributed by atoms with Gasteiger partial charge in [0.2, 0.25) is 0 Å². The third-order valence-corrected chi connectivity index (χ3v) is 0.586. The molecule has 0 spiro atoms. The Balaban J connectivity index is -0.000000101. The number of aliphatic hydroxyl groups excluding tert-OH is 1. The zero-order valence-corrected chi connectivity index (χ0v) is 9.92. The molecule has 1 rings (SSSR count). The van der Waals surface area contributed by atoms with Gasteiger partial charge < -0.3 is 12.5 Å². The molecule has 1 nitrogen and oxygen atoms in total. The van der Waals surface area contributed by atoms with Crippen LogP contribution in [0.4, 0.5) is 0 Å². The van der Waals surface area contributed by atoms with E-state index in [4.69, 9.17) is 5.11 Å². The Morgan fingerprint density at radius 2 is 1.91 bits per heavy atom. The molecule has 62 valence electrons. The van der Waals surface area contributed by atoms with Gasteiger partial charge in [0.25, 0.3) is 0 Å². The van der Waals surface area contributed by atoms with Crippen molar-refractivity contribution in [1.29, 1.82) is 0 Å². The third kappa shape index (κ3) is 25.2. The Bertz CT molecular complexity index is 93.4. The quantitative estimate of drug-likeness (QED) is 0.633. The van der Waals surface area contributed by atoms with E-state index in [1.165, 1.54) is 0 Å². The molecule has 0 aliphatic heterocycles. The second-order valence-corrected chi connectivity index (χ2v) is 2.10. The second kappa shape index (κ2) is 13.0. The average Bonchev–Trinajstić information content (AvgIpc) is 2.11. The van der Waals surface area contributed by atoms with Gasteiger partial charge in [-0.2, -0.15) is 6.08 Å². The number of hydrogen-bond donors (Lipinski definition) is 1. The van der Waals surface area contributed by atoms with Gasteiger partial charge in [0, 0.05) is 6.10 Å². The van der Waals surface area contributed by atoms with Crippen molar-refractivity contribution >= 4 is 0 Å². The summed E-state index contributed by atoms with van der Waals surface area (Å²) in [6, 6.07) is 0. The summed E-state index contributed by atoms with van der Waals surface area (Å²) in [4.78, 5) is 0. The first-order chi connectivity index (χ1) is 4.23. The normalized spacial score (nSPS) is 11.3. The zero-order chi connectivity index (χ0) is 7.11. The molecule has 1 N–H and O–H groups in total. The van der Waals surface area contributed by atoms with Crippen molar-refractivity contribution in [3.8, 4) is 0 Å². The zero-order valence-electron chi connectivity index (χ0n) is 7.46. The van der Waals surface area contributed by atoms with Crippen LogP contribution in [0.15, 0.2) is 18.2 Å². The Kier molecular flexibility index (Phi) is 20.5. The van der Waals surface area contributed by atoms with Crippen molar-refractivity contribution in [2.75, 3.05) is 0 Å².